The largest absolute Gasteiger partial charge is 0.507 e. The van der Waals surface area contributed by atoms with E-state index in [2.05, 4.69) is 108 Å². The quantitative estimate of drug-likeness (QED) is 0.182. The summed E-state index contributed by atoms with van der Waals surface area (Å²) in [6.45, 7) is 13.4. The van der Waals surface area contributed by atoms with Gasteiger partial charge < -0.3 is 5.11 Å². The van der Waals surface area contributed by atoms with Gasteiger partial charge >= 0.3 is 0 Å². The molecule has 2 heterocycles. The number of aromatic hydroxyl groups is 1. The predicted molar refractivity (Wildman–Crippen MR) is 177 cm³/mol. The molecule has 2 aromatic heterocycles. The van der Waals surface area contributed by atoms with Crippen LogP contribution in [0, 0.1) is 6.07 Å². The first-order valence-electron chi connectivity index (χ1n) is 14.3. The van der Waals surface area contributed by atoms with E-state index >= 15 is 0 Å². The molecule has 5 heteroatoms. The maximum atomic E-state index is 10.6. The van der Waals surface area contributed by atoms with Crippen LogP contribution in [0.4, 0.5) is 0 Å². The third kappa shape index (κ3) is 6.37. The zero-order chi connectivity index (χ0) is 29.6. The standard InChI is InChI=1S/C38H35N2OS.Pt/c1-37(2,3)28-19-26(18-27(20-28)32-21-25(16-17-39-32)24-12-8-7-9-13-24)31-22-29(38(4,5)6)23-34-35(31)40-36(42-34)30-14-10-11-15-33(30)41;/h7-17,19-23,41H,1-6H3;/q-1;. The molecule has 1 N–H and O–H groups in total. The zero-order valence-electron chi connectivity index (χ0n) is 25.3. The van der Waals surface area contributed by atoms with E-state index in [0.717, 1.165) is 54.3 Å². The number of phenols is 1. The van der Waals surface area contributed by atoms with E-state index in [1.54, 1.807) is 17.4 Å². The molecular formula is C38H35N2OPtS-. The number of hydrogen-bond acceptors (Lipinski definition) is 4. The summed E-state index contributed by atoms with van der Waals surface area (Å²) < 4.78 is 1.09. The molecule has 0 bridgehead atoms. The van der Waals surface area contributed by atoms with Crippen LogP contribution in [-0.2, 0) is 31.9 Å². The summed E-state index contributed by atoms with van der Waals surface area (Å²) >= 11 is 1.62. The van der Waals surface area contributed by atoms with Crippen LogP contribution in [0.5, 0.6) is 5.75 Å². The summed E-state index contributed by atoms with van der Waals surface area (Å²) in [5.74, 6) is 0.238. The molecule has 0 amide bonds. The van der Waals surface area contributed by atoms with Crippen LogP contribution < -0.4 is 0 Å². The van der Waals surface area contributed by atoms with Crippen LogP contribution in [0.3, 0.4) is 0 Å². The van der Waals surface area contributed by atoms with E-state index in [-0.39, 0.29) is 37.6 Å². The molecule has 6 rings (SSSR count). The minimum Gasteiger partial charge on any atom is -0.507 e. The van der Waals surface area contributed by atoms with Crippen molar-refractivity contribution in [2.75, 3.05) is 0 Å². The number of nitrogens with zero attached hydrogens (tertiary/aromatic N) is 2. The summed E-state index contributed by atoms with van der Waals surface area (Å²) in [7, 11) is 0. The Labute approximate surface area is 273 Å². The van der Waals surface area contributed by atoms with Crippen molar-refractivity contribution in [3.63, 3.8) is 0 Å². The van der Waals surface area contributed by atoms with Gasteiger partial charge in [0.15, 0.2) is 0 Å². The molecule has 0 aliphatic heterocycles. The minimum atomic E-state index is -0.0839. The van der Waals surface area contributed by atoms with Gasteiger partial charge in [0.05, 0.1) is 11.1 Å². The fourth-order valence-corrected chi connectivity index (χ4v) is 6.18. The number of para-hydroxylation sites is 1. The smallest absolute Gasteiger partial charge is 0.127 e. The second kappa shape index (κ2) is 11.8. The Kier molecular flexibility index (Phi) is 8.49. The minimum absolute atomic E-state index is 0. The molecule has 0 aliphatic carbocycles. The SMILES string of the molecule is CC(C)(C)c1cc(-c2cc(-c3ccccc3)ccn2)[c-]c(-c2cc(C(C)(C)C)cc3sc(-c4ccccc4O)nc23)c1.[Pt]. The van der Waals surface area contributed by atoms with Crippen molar-refractivity contribution in [3.8, 4) is 49.8 Å². The number of benzene rings is 4. The Balaban J connectivity index is 0.00000368. The van der Waals surface area contributed by atoms with Crippen LogP contribution in [-0.4, -0.2) is 15.1 Å². The van der Waals surface area contributed by atoms with Crippen molar-refractivity contribution in [3.05, 3.63) is 114 Å². The fraction of sp³-hybridized carbons (Fsp3) is 0.211. The first-order valence-corrected chi connectivity index (χ1v) is 15.1. The fourth-order valence-electron chi connectivity index (χ4n) is 5.11. The molecule has 0 atom stereocenters. The van der Waals surface area contributed by atoms with Crippen LogP contribution in [0.15, 0.2) is 97.2 Å². The van der Waals surface area contributed by atoms with Gasteiger partial charge in [-0.25, -0.2) is 4.98 Å². The van der Waals surface area contributed by atoms with Gasteiger partial charge in [0.25, 0.3) is 0 Å². The molecule has 4 aromatic carbocycles. The Hall–Kier alpha value is -3.59. The van der Waals surface area contributed by atoms with Crippen molar-refractivity contribution < 1.29 is 26.2 Å². The first kappa shape index (κ1) is 30.9. The second-order valence-electron chi connectivity index (χ2n) is 12.9. The average molecular weight is 763 g/mol. The molecule has 6 aromatic rings. The molecule has 0 saturated carbocycles. The normalized spacial score (nSPS) is 11.9. The molecule has 43 heavy (non-hydrogen) atoms. The number of pyridine rings is 1. The van der Waals surface area contributed by atoms with Gasteiger partial charge in [0, 0.05) is 37.7 Å². The number of phenolic OH excluding ortho intramolecular Hbond substituents is 1. The molecule has 0 aliphatic rings. The van der Waals surface area contributed by atoms with Crippen molar-refractivity contribution >= 4 is 21.6 Å². The van der Waals surface area contributed by atoms with Gasteiger partial charge in [-0.05, 0) is 51.8 Å². The van der Waals surface area contributed by atoms with Crippen LogP contribution in [0.1, 0.15) is 52.7 Å². The Bertz CT molecular complexity index is 1910. The summed E-state index contributed by atoms with van der Waals surface area (Å²) in [6.07, 6.45) is 1.88. The first-order chi connectivity index (χ1) is 20.0. The monoisotopic (exact) mass is 762 g/mol. The van der Waals surface area contributed by atoms with Crippen molar-refractivity contribution in [2.24, 2.45) is 0 Å². The Morgan fingerprint density at radius 1 is 0.674 bits per heavy atom. The maximum absolute atomic E-state index is 10.6. The van der Waals surface area contributed by atoms with Crippen molar-refractivity contribution in [1.29, 1.82) is 0 Å². The van der Waals surface area contributed by atoms with Crippen LogP contribution in [0.25, 0.3) is 54.3 Å². The van der Waals surface area contributed by atoms with Gasteiger partial charge in [0.1, 0.15) is 10.8 Å². The van der Waals surface area contributed by atoms with Gasteiger partial charge in [-0.15, -0.1) is 40.7 Å². The van der Waals surface area contributed by atoms with E-state index in [1.807, 2.05) is 30.5 Å². The van der Waals surface area contributed by atoms with Crippen molar-refractivity contribution in [1.82, 2.24) is 9.97 Å². The molecular weight excluding hydrogens is 728 g/mol. The number of fused-ring (bicyclic) bond motifs is 1. The number of rotatable bonds is 4. The zero-order valence-corrected chi connectivity index (χ0v) is 28.4. The van der Waals surface area contributed by atoms with E-state index in [4.69, 9.17) is 9.97 Å². The van der Waals surface area contributed by atoms with E-state index in [0.29, 0.717) is 0 Å². The molecule has 220 valence electrons. The molecule has 0 spiro atoms. The summed E-state index contributed by atoms with van der Waals surface area (Å²) in [5, 5.41) is 11.4. The van der Waals surface area contributed by atoms with E-state index in [1.165, 1.54) is 11.1 Å². The Morgan fingerprint density at radius 2 is 1.33 bits per heavy atom. The van der Waals surface area contributed by atoms with Crippen LogP contribution >= 0.6 is 11.3 Å². The molecule has 0 unspecified atom stereocenters. The Morgan fingerprint density at radius 3 is 2.02 bits per heavy atom. The second-order valence-corrected chi connectivity index (χ2v) is 13.9. The summed E-state index contributed by atoms with van der Waals surface area (Å²) in [4.78, 5) is 9.91. The maximum Gasteiger partial charge on any atom is 0.127 e. The third-order valence-electron chi connectivity index (χ3n) is 7.66. The number of hydrogen-bond donors (Lipinski definition) is 1. The predicted octanol–water partition coefficient (Wildman–Crippen LogP) is 10.5. The molecule has 0 fully saturated rings. The van der Waals surface area contributed by atoms with Gasteiger partial charge in [-0.1, -0.05) is 107 Å². The summed E-state index contributed by atoms with van der Waals surface area (Å²) in [6, 6.07) is 34.8. The van der Waals surface area contributed by atoms with Gasteiger partial charge in [0.2, 0.25) is 0 Å². The van der Waals surface area contributed by atoms with Gasteiger partial charge in [-0.3, -0.25) is 4.98 Å². The molecule has 3 nitrogen and oxygen atoms in total. The van der Waals surface area contributed by atoms with Crippen molar-refractivity contribution in [2.45, 2.75) is 52.4 Å². The topological polar surface area (TPSA) is 46.0 Å². The molecule has 0 radical (unpaired) electrons. The average Bonchev–Trinajstić information content (AvgIpc) is 3.40. The third-order valence-corrected chi connectivity index (χ3v) is 8.70. The van der Waals surface area contributed by atoms with E-state index < -0.39 is 0 Å². The van der Waals surface area contributed by atoms with Gasteiger partial charge in [-0.2, -0.15) is 0 Å². The summed E-state index contributed by atoms with van der Waals surface area (Å²) in [5.41, 5.74) is 10.1. The number of aromatic nitrogens is 2. The molecule has 0 saturated heterocycles. The van der Waals surface area contributed by atoms with Crippen LogP contribution in [0.2, 0.25) is 0 Å². The number of thiazole rings is 1. The van der Waals surface area contributed by atoms with E-state index in [9.17, 15) is 5.11 Å².